The molecule has 0 aliphatic carbocycles. The number of thiophene rings is 1. The standard InChI is InChI=1S/C13H20N2OS/c1-10-5-6-12(17-10)13(16)11-9-14(2)7-4-8-15(11)3/h5-6,11H,4,7-9H2,1-3H3. The Bertz CT molecular complexity index is 402. The Morgan fingerprint density at radius 2 is 2.12 bits per heavy atom. The molecule has 2 heterocycles. The SMILES string of the molecule is Cc1ccc(C(=O)C2CN(C)CCCN2C)s1. The Balaban J connectivity index is 2.16. The Kier molecular flexibility index (Phi) is 3.97. The van der Waals surface area contributed by atoms with E-state index >= 15 is 0 Å². The van der Waals surface area contributed by atoms with Gasteiger partial charge in [0.1, 0.15) is 0 Å². The lowest BCUT2D eigenvalue weighted by molar-refractivity contribution is 0.0844. The summed E-state index contributed by atoms with van der Waals surface area (Å²) >= 11 is 1.60. The van der Waals surface area contributed by atoms with Crippen molar-refractivity contribution in [3.05, 3.63) is 21.9 Å². The van der Waals surface area contributed by atoms with Gasteiger partial charge in [0.05, 0.1) is 10.9 Å². The van der Waals surface area contributed by atoms with Crippen LogP contribution in [0.5, 0.6) is 0 Å². The largest absolute Gasteiger partial charge is 0.304 e. The van der Waals surface area contributed by atoms with Gasteiger partial charge in [0.15, 0.2) is 5.78 Å². The van der Waals surface area contributed by atoms with Crippen LogP contribution >= 0.6 is 11.3 Å². The highest BCUT2D eigenvalue weighted by Crippen LogP contribution is 2.20. The second-order valence-electron chi connectivity index (χ2n) is 4.89. The molecule has 0 amide bonds. The van der Waals surface area contributed by atoms with Gasteiger partial charge in [0.25, 0.3) is 0 Å². The molecule has 1 aromatic heterocycles. The van der Waals surface area contributed by atoms with Crippen molar-refractivity contribution in [1.82, 2.24) is 9.80 Å². The van der Waals surface area contributed by atoms with Crippen molar-refractivity contribution < 1.29 is 4.79 Å². The smallest absolute Gasteiger partial charge is 0.191 e. The Morgan fingerprint density at radius 1 is 1.35 bits per heavy atom. The molecule has 1 fully saturated rings. The molecule has 1 saturated heterocycles. The maximum atomic E-state index is 12.5. The van der Waals surface area contributed by atoms with Crippen molar-refractivity contribution in [2.75, 3.05) is 33.7 Å². The summed E-state index contributed by atoms with van der Waals surface area (Å²) in [5.41, 5.74) is 0. The number of aryl methyl sites for hydroxylation is 1. The average Bonchev–Trinajstić information content (AvgIpc) is 2.64. The van der Waals surface area contributed by atoms with E-state index in [1.54, 1.807) is 11.3 Å². The number of carbonyl (C=O) groups excluding carboxylic acids is 1. The molecule has 1 unspecified atom stereocenters. The van der Waals surface area contributed by atoms with E-state index in [0.29, 0.717) is 0 Å². The van der Waals surface area contributed by atoms with E-state index in [9.17, 15) is 4.79 Å². The van der Waals surface area contributed by atoms with Crippen LogP contribution in [0.1, 0.15) is 21.0 Å². The maximum absolute atomic E-state index is 12.5. The highest BCUT2D eigenvalue weighted by Gasteiger charge is 2.28. The molecule has 0 aromatic carbocycles. The quantitative estimate of drug-likeness (QED) is 0.751. The van der Waals surface area contributed by atoms with Gasteiger partial charge in [-0.3, -0.25) is 9.69 Å². The number of nitrogens with zero attached hydrogens (tertiary/aromatic N) is 2. The molecule has 0 spiro atoms. The molecule has 0 N–H and O–H groups in total. The summed E-state index contributed by atoms with van der Waals surface area (Å²) in [6.07, 6.45) is 1.14. The second kappa shape index (κ2) is 5.29. The van der Waals surface area contributed by atoms with Crippen molar-refractivity contribution in [2.45, 2.75) is 19.4 Å². The van der Waals surface area contributed by atoms with Crippen LogP contribution in [0.3, 0.4) is 0 Å². The van der Waals surface area contributed by atoms with Crippen LogP contribution in [-0.4, -0.2) is 55.4 Å². The molecule has 17 heavy (non-hydrogen) atoms. The van der Waals surface area contributed by atoms with Gasteiger partial charge >= 0.3 is 0 Å². The predicted molar refractivity (Wildman–Crippen MR) is 71.9 cm³/mol. The first-order valence-corrected chi connectivity index (χ1v) is 6.89. The predicted octanol–water partition coefficient (Wildman–Crippen LogP) is 1.88. The van der Waals surface area contributed by atoms with Crippen molar-refractivity contribution >= 4 is 17.1 Å². The third-order valence-corrected chi connectivity index (χ3v) is 4.37. The molecule has 1 aliphatic heterocycles. The normalized spacial score (nSPS) is 23.6. The number of carbonyl (C=O) groups is 1. The third kappa shape index (κ3) is 2.94. The zero-order valence-corrected chi connectivity index (χ0v) is 11.6. The number of rotatable bonds is 2. The zero-order valence-electron chi connectivity index (χ0n) is 10.8. The van der Waals surface area contributed by atoms with Crippen LogP contribution in [0.4, 0.5) is 0 Å². The number of Topliss-reactive ketones (excluding diaryl/α,β-unsaturated/α-hetero) is 1. The molecule has 0 radical (unpaired) electrons. The number of likely N-dealkylation sites (N-methyl/N-ethyl adjacent to an activating group) is 2. The Hall–Kier alpha value is -0.710. The van der Waals surface area contributed by atoms with E-state index in [0.717, 1.165) is 30.9 Å². The Morgan fingerprint density at radius 3 is 2.76 bits per heavy atom. The summed E-state index contributed by atoms with van der Waals surface area (Å²) < 4.78 is 0. The van der Waals surface area contributed by atoms with Crippen molar-refractivity contribution in [2.24, 2.45) is 0 Å². The summed E-state index contributed by atoms with van der Waals surface area (Å²) in [6, 6.07) is 4.00. The number of hydrogen-bond donors (Lipinski definition) is 0. The molecule has 1 aliphatic rings. The summed E-state index contributed by atoms with van der Waals surface area (Å²) in [6.45, 7) is 4.97. The molecular weight excluding hydrogens is 232 g/mol. The lowest BCUT2D eigenvalue weighted by Crippen LogP contribution is -2.43. The van der Waals surface area contributed by atoms with Gasteiger partial charge in [-0.25, -0.2) is 0 Å². The van der Waals surface area contributed by atoms with Gasteiger partial charge in [-0.1, -0.05) is 0 Å². The van der Waals surface area contributed by atoms with Gasteiger partial charge < -0.3 is 4.90 Å². The van der Waals surface area contributed by atoms with E-state index in [1.165, 1.54) is 4.88 Å². The summed E-state index contributed by atoms with van der Waals surface area (Å²) in [5.74, 6) is 0.277. The monoisotopic (exact) mass is 252 g/mol. The van der Waals surface area contributed by atoms with Gasteiger partial charge in [0, 0.05) is 11.4 Å². The highest BCUT2D eigenvalue weighted by atomic mass is 32.1. The van der Waals surface area contributed by atoms with Crippen LogP contribution in [0, 0.1) is 6.92 Å². The lowest BCUT2D eigenvalue weighted by Gasteiger charge is -2.25. The molecule has 0 saturated carbocycles. The van der Waals surface area contributed by atoms with Crippen LogP contribution < -0.4 is 0 Å². The Labute approximate surface area is 107 Å². The number of hydrogen-bond acceptors (Lipinski definition) is 4. The van der Waals surface area contributed by atoms with E-state index in [1.807, 2.05) is 19.1 Å². The van der Waals surface area contributed by atoms with Crippen molar-refractivity contribution in [1.29, 1.82) is 0 Å². The molecule has 4 heteroatoms. The van der Waals surface area contributed by atoms with Crippen LogP contribution in [-0.2, 0) is 0 Å². The first-order chi connectivity index (χ1) is 8.08. The van der Waals surface area contributed by atoms with Crippen LogP contribution in [0.25, 0.3) is 0 Å². The molecule has 1 atom stereocenters. The highest BCUT2D eigenvalue weighted by molar-refractivity contribution is 7.14. The topological polar surface area (TPSA) is 23.6 Å². The van der Waals surface area contributed by atoms with E-state index in [-0.39, 0.29) is 11.8 Å². The van der Waals surface area contributed by atoms with Gasteiger partial charge in [-0.15, -0.1) is 11.3 Å². The fourth-order valence-electron chi connectivity index (χ4n) is 2.29. The molecule has 0 bridgehead atoms. The third-order valence-electron chi connectivity index (χ3n) is 3.35. The summed E-state index contributed by atoms with van der Waals surface area (Å²) in [5, 5.41) is 0. The average molecular weight is 252 g/mol. The van der Waals surface area contributed by atoms with E-state index in [2.05, 4.69) is 23.9 Å². The van der Waals surface area contributed by atoms with Gasteiger partial charge in [0.2, 0.25) is 0 Å². The molecule has 3 nitrogen and oxygen atoms in total. The van der Waals surface area contributed by atoms with Crippen LogP contribution in [0.15, 0.2) is 12.1 Å². The van der Waals surface area contributed by atoms with Crippen molar-refractivity contribution in [3.63, 3.8) is 0 Å². The minimum atomic E-state index is 0.0144. The summed E-state index contributed by atoms with van der Waals surface area (Å²) in [4.78, 5) is 19.0. The minimum absolute atomic E-state index is 0.0144. The van der Waals surface area contributed by atoms with Gasteiger partial charge in [-0.2, -0.15) is 0 Å². The zero-order chi connectivity index (χ0) is 12.4. The van der Waals surface area contributed by atoms with Crippen LogP contribution in [0.2, 0.25) is 0 Å². The van der Waals surface area contributed by atoms with E-state index in [4.69, 9.17) is 0 Å². The maximum Gasteiger partial charge on any atom is 0.191 e. The number of ketones is 1. The summed E-state index contributed by atoms with van der Waals surface area (Å²) in [7, 11) is 4.15. The molecule has 1 aromatic rings. The minimum Gasteiger partial charge on any atom is -0.304 e. The first kappa shape index (κ1) is 12.7. The second-order valence-corrected chi connectivity index (χ2v) is 6.17. The fraction of sp³-hybridized carbons (Fsp3) is 0.615. The fourth-order valence-corrected chi connectivity index (χ4v) is 3.14. The van der Waals surface area contributed by atoms with E-state index < -0.39 is 0 Å². The first-order valence-electron chi connectivity index (χ1n) is 6.07. The van der Waals surface area contributed by atoms with Crippen molar-refractivity contribution in [3.8, 4) is 0 Å². The lowest BCUT2D eigenvalue weighted by atomic mass is 10.1. The molecule has 94 valence electrons. The molecular formula is C13H20N2OS. The molecule has 2 rings (SSSR count). The van der Waals surface area contributed by atoms with Gasteiger partial charge in [-0.05, 0) is 52.7 Å².